The number of benzene rings is 1. The van der Waals surface area contributed by atoms with Crippen molar-refractivity contribution in [2.45, 2.75) is 12.8 Å². The summed E-state index contributed by atoms with van der Waals surface area (Å²) in [5, 5.41) is 18.2. The minimum Gasteiger partial charge on any atom is -0.352 e. The van der Waals surface area contributed by atoms with E-state index in [0.717, 1.165) is 35.6 Å². The number of H-pyrrole nitrogens is 1. The first-order valence-electron chi connectivity index (χ1n) is 8.48. The molecule has 4 aromatic rings. The van der Waals surface area contributed by atoms with Gasteiger partial charge in [0, 0.05) is 24.7 Å². The SMILES string of the molecule is O=C(NCCCc1nnc2ccccn12)c1cn[nH]c1-c1ccccc1. The zero-order chi connectivity index (χ0) is 17.8. The summed E-state index contributed by atoms with van der Waals surface area (Å²) < 4.78 is 1.96. The zero-order valence-electron chi connectivity index (χ0n) is 14.1. The van der Waals surface area contributed by atoms with E-state index in [1.165, 1.54) is 0 Å². The predicted molar refractivity (Wildman–Crippen MR) is 97.7 cm³/mol. The third-order valence-corrected chi connectivity index (χ3v) is 4.19. The third-order valence-electron chi connectivity index (χ3n) is 4.19. The zero-order valence-corrected chi connectivity index (χ0v) is 14.1. The van der Waals surface area contributed by atoms with Gasteiger partial charge in [0.2, 0.25) is 0 Å². The molecule has 0 spiro atoms. The second-order valence-corrected chi connectivity index (χ2v) is 5.93. The number of amides is 1. The summed E-state index contributed by atoms with van der Waals surface area (Å²) >= 11 is 0. The van der Waals surface area contributed by atoms with Gasteiger partial charge in [0.1, 0.15) is 5.82 Å². The van der Waals surface area contributed by atoms with Gasteiger partial charge in [-0.2, -0.15) is 5.10 Å². The highest BCUT2D eigenvalue weighted by Crippen LogP contribution is 2.20. The van der Waals surface area contributed by atoms with E-state index in [1.54, 1.807) is 6.20 Å². The smallest absolute Gasteiger partial charge is 0.255 e. The molecule has 7 nitrogen and oxygen atoms in total. The van der Waals surface area contributed by atoms with Crippen molar-refractivity contribution in [3.8, 4) is 11.3 Å². The van der Waals surface area contributed by atoms with Crippen molar-refractivity contribution < 1.29 is 4.79 Å². The topological polar surface area (TPSA) is 88.0 Å². The molecule has 3 heterocycles. The molecule has 130 valence electrons. The molecular formula is C19H18N6O. The molecule has 0 bridgehead atoms. The number of pyridine rings is 1. The Morgan fingerprint density at radius 2 is 1.92 bits per heavy atom. The van der Waals surface area contributed by atoms with Gasteiger partial charge in [-0.25, -0.2) is 0 Å². The van der Waals surface area contributed by atoms with Crippen LogP contribution < -0.4 is 5.32 Å². The number of aromatic amines is 1. The molecule has 7 heteroatoms. The minimum absolute atomic E-state index is 0.135. The molecular weight excluding hydrogens is 328 g/mol. The standard InChI is InChI=1S/C19H18N6O/c26-19(15-13-21-24-18(15)14-7-2-1-3-8-14)20-11-6-10-17-23-22-16-9-4-5-12-25(16)17/h1-5,7-9,12-13H,6,10-11H2,(H,20,26)(H,21,24). The summed E-state index contributed by atoms with van der Waals surface area (Å²) in [5.74, 6) is 0.756. The van der Waals surface area contributed by atoms with Gasteiger partial charge in [-0.05, 0) is 18.6 Å². The van der Waals surface area contributed by atoms with Crippen molar-refractivity contribution in [3.63, 3.8) is 0 Å². The monoisotopic (exact) mass is 346 g/mol. The highest BCUT2D eigenvalue weighted by atomic mass is 16.1. The summed E-state index contributed by atoms with van der Waals surface area (Å²) in [5.41, 5.74) is 3.04. The predicted octanol–water partition coefficient (Wildman–Crippen LogP) is 2.48. The molecule has 0 saturated heterocycles. The number of carbonyl (C=O) groups excluding carboxylic acids is 1. The molecule has 0 saturated carbocycles. The van der Waals surface area contributed by atoms with Gasteiger partial charge in [-0.15, -0.1) is 10.2 Å². The molecule has 26 heavy (non-hydrogen) atoms. The first-order valence-corrected chi connectivity index (χ1v) is 8.48. The Hall–Kier alpha value is -3.48. The van der Waals surface area contributed by atoms with Gasteiger partial charge in [-0.3, -0.25) is 14.3 Å². The highest BCUT2D eigenvalue weighted by Gasteiger charge is 2.14. The van der Waals surface area contributed by atoms with E-state index < -0.39 is 0 Å². The van der Waals surface area contributed by atoms with Crippen LogP contribution in [0.3, 0.4) is 0 Å². The van der Waals surface area contributed by atoms with E-state index in [2.05, 4.69) is 25.7 Å². The maximum absolute atomic E-state index is 12.5. The van der Waals surface area contributed by atoms with Gasteiger partial charge >= 0.3 is 0 Å². The fraction of sp³-hybridized carbons (Fsp3) is 0.158. The summed E-state index contributed by atoms with van der Waals surface area (Å²) in [7, 11) is 0. The van der Waals surface area contributed by atoms with Gasteiger partial charge in [0.25, 0.3) is 5.91 Å². The van der Waals surface area contributed by atoms with Crippen molar-refractivity contribution in [2.75, 3.05) is 6.54 Å². The third kappa shape index (κ3) is 3.19. The minimum atomic E-state index is -0.135. The molecule has 0 aliphatic carbocycles. The maximum atomic E-state index is 12.5. The molecule has 0 unspecified atom stereocenters. The maximum Gasteiger partial charge on any atom is 0.255 e. The van der Waals surface area contributed by atoms with Crippen LogP contribution in [0.4, 0.5) is 0 Å². The highest BCUT2D eigenvalue weighted by molar-refractivity contribution is 5.99. The van der Waals surface area contributed by atoms with E-state index in [-0.39, 0.29) is 5.91 Å². The molecule has 2 N–H and O–H groups in total. The Balaban J connectivity index is 1.36. The average molecular weight is 346 g/mol. The number of aromatic nitrogens is 5. The summed E-state index contributed by atoms with van der Waals surface area (Å²) in [6.07, 6.45) is 5.02. The Labute approximate surface area is 150 Å². The van der Waals surface area contributed by atoms with Crippen LogP contribution in [0, 0.1) is 0 Å². The summed E-state index contributed by atoms with van der Waals surface area (Å²) in [6.45, 7) is 0.556. The molecule has 0 atom stereocenters. The van der Waals surface area contributed by atoms with Gasteiger partial charge in [-0.1, -0.05) is 36.4 Å². The van der Waals surface area contributed by atoms with Crippen LogP contribution >= 0.6 is 0 Å². The van der Waals surface area contributed by atoms with Crippen molar-refractivity contribution in [2.24, 2.45) is 0 Å². The summed E-state index contributed by atoms with van der Waals surface area (Å²) in [4.78, 5) is 12.5. The molecule has 4 rings (SSSR count). The number of nitrogens with one attached hydrogen (secondary N) is 2. The fourth-order valence-corrected chi connectivity index (χ4v) is 2.89. The lowest BCUT2D eigenvalue weighted by molar-refractivity contribution is 0.0954. The number of fused-ring (bicyclic) bond motifs is 1. The molecule has 0 aliphatic heterocycles. The quantitative estimate of drug-likeness (QED) is 0.525. The van der Waals surface area contributed by atoms with Crippen LogP contribution in [0.25, 0.3) is 16.9 Å². The second-order valence-electron chi connectivity index (χ2n) is 5.93. The van der Waals surface area contributed by atoms with Crippen LogP contribution in [-0.4, -0.2) is 37.2 Å². The van der Waals surface area contributed by atoms with E-state index in [0.29, 0.717) is 12.1 Å². The number of hydrogen-bond acceptors (Lipinski definition) is 4. The van der Waals surface area contributed by atoms with Gasteiger partial charge < -0.3 is 5.32 Å². The van der Waals surface area contributed by atoms with E-state index in [4.69, 9.17) is 0 Å². The van der Waals surface area contributed by atoms with Crippen LogP contribution in [0.1, 0.15) is 22.6 Å². The number of carbonyl (C=O) groups is 1. The number of nitrogens with zero attached hydrogens (tertiary/aromatic N) is 4. The lowest BCUT2D eigenvalue weighted by Gasteiger charge is -2.06. The Kier molecular flexibility index (Phi) is 4.42. The van der Waals surface area contributed by atoms with Crippen LogP contribution in [0.2, 0.25) is 0 Å². The van der Waals surface area contributed by atoms with Crippen LogP contribution in [0.15, 0.2) is 60.9 Å². The molecule has 0 aliphatic rings. The largest absolute Gasteiger partial charge is 0.352 e. The van der Waals surface area contributed by atoms with Gasteiger partial charge in [0.05, 0.1) is 17.5 Å². The van der Waals surface area contributed by atoms with E-state index in [9.17, 15) is 4.79 Å². The first kappa shape index (κ1) is 16.0. The van der Waals surface area contributed by atoms with Gasteiger partial charge in [0.15, 0.2) is 5.65 Å². The molecule has 0 radical (unpaired) electrons. The normalized spacial score (nSPS) is 10.9. The van der Waals surface area contributed by atoms with Crippen LogP contribution in [-0.2, 0) is 6.42 Å². The molecule has 0 fully saturated rings. The Morgan fingerprint density at radius 1 is 1.08 bits per heavy atom. The average Bonchev–Trinajstić information content (AvgIpc) is 3.33. The van der Waals surface area contributed by atoms with E-state index >= 15 is 0 Å². The van der Waals surface area contributed by atoms with Crippen molar-refractivity contribution in [1.29, 1.82) is 0 Å². The van der Waals surface area contributed by atoms with Crippen molar-refractivity contribution >= 4 is 11.6 Å². The molecule has 1 amide bonds. The summed E-state index contributed by atoms with van der Waals surface area (Å²) in [6, 6.07) is 15.5. The van der Waals surface area contributed by atoms with E-state index in [1.807, 2.05) is 59.1 Å². The fourth-order valence-electron chi connectivity index (χ4n) is 2.89. The molecule has 3 aromatic heterocycles. The Morgan fingerprint density at radius 3 is 2.81 bits per heavy atom. The lowest BCUT2D eigenvalue weighted by Crippen LogP contribution is -2.25. The Bertz CT molecular complexity index is 1020. The second kappa shape index (κ2) is 7.18. The lowest BCUT2D eigenvalue weighted by atomic mass is 10.1. The van der Waals surface area contributed by atoms with Crippen LogP contribution in [0.5, 0.6) is 0 Å². The number of hydrogen-bond donors (Lipinski definition) is 2. The molecule has 1 aromatic carbocycles. The first-order chi connectivity index (χ1) is 12.8. The van der Waals surface area contributed by atoms with Crippen molar-refractivity contribution in [3.05, 3.63) is 72.3 Å². The number of aryl methyl sites for hydroxylation is 1. The van der Waals surface area contributed by atoms with Crippen molar-refractivity contribution in [1.82, 2.24) is 30.1 Å². The number of rotatable bonds is 6.